The van der Waals surface area contributed by atoms with Gasteiger partial charge in [0, 0.05) is 23.8 Å². The molecule has 4 nitrogen and oxygen atoms in total. The zero-order chi connectivity index (χ0) is 11.4. The standard InChI is InChI=1S/C10H13NO3S2/c12-9(13)5-7-6-15-10(11-7)16-8-1-3-14-4-2-8/h6,8H,1-5H2,(H,12,13). The Morgan fingerprint density at radius 2 is 2.38 bits per heavy atom. The summed E-state index contributed by atoms with van der Waals surface area (Å²) in [5.74, 6) is -0.826. The molecule has 0 aliphatic carbocycles. The molecule has 1 aromatic heterocycles. The van der Waals surface area contributed by atoms with E-state index in [0.717, 1.165) is 30.4 Å². The van der Waals surface area contributed by atoms with Crippen molar-refractivity contribution in [2.45, 2.75) is 28.9 Å². The van der Waals surface area contributed by atoms with E-state index in [0.29, 0.717) is 10.9 Å². The molecule has 0 amide bonds. The van der Waals surface area contributed by atoms with Gasteiger partial charge in [0.15, 0.2) is 0 Å². The van der Waals surface area contributed by atoms with E-state index in [2.05, 4.69) is 4.98 Å². The maximum atomic E-state index is 10.5. The van der Waals surface area contributed by atoms with Gasteiger partial charge in [-0.15, -0.1) is 11.3 Å². The minimum Gasteiger partial charge on any atom is -0.481 e. The molecule has 0 atom stereocenters. The third-order valence-corrected chi connectivity index (χ3v) is 4.66. The molecule has 1 saturated heterocycles. The summed E-state index contributed by atoms with van der Waals surface area (Å²) < 4.78 is 6.26. The summed E-state index contributed by atoms with van der Waals surface area (Å²) in [6.45, 7) is 1.65. The van der Waals surface area contributed by atoms with Crippen molar-refractivity contribution in [3.8, 4) is 0 Å². The molecule has 1 N–H and O–H groups in total. The number of aromatic nitrogens is 1. The number of hydrogen-bond donors (Lipinski definition) is 1. The summed E-state index contributed by atoms with van der Waals surface area (Å²) >= 11 is 3.28. The molecule has 1 aliphatic heterocycles. The fourth-order valence-electron chi connectivity index (χ4n) is 1.52. The van der Waals surface area contributed by atoms with Gasteiger partial charge in [0.25, 0.3) is 0 Å². The lowest BCUT2D eigenvalue weighted by molar-refractivity contribution is -0.136. The third kappa shape index (κ3) is 3.47. The van der Waals surface area contributed by atoms with Crippen LogP contribution in [0.25, 0.3) is 0 Å². The van der Waals surface area contributed by atoms with Gasteiger partial charge in [-0.05, 0) is 12.8 Å². The Labute approximate surface area is 102 Å². The van der Waals surface area contributed by atoms with Crippen molar-refractivity contribution in [3.05, 3.63) is 11.1 Å². The number of carbonyl (C=O) groups is 1. The molecule has 1 fully saturated rings. The van der Waals surface area contributed by atoms with Crippen molar-refractivity contribution in [2.24, 2.45) is 0 Å². The van der Waals surface area contributed by atoms with Gasteiger partial charge in [0.2, 0.25) is 0 Å². The Hall–Kier alpha value is -0.590. The highest BCUT2D eigenvalue weighted by Crippen LogP contribution is 2.31. The van der Waals surface area contributed by atoms with E-state index in [1.807, 2.05) is 5.38 Å². The summed E-state index contributed by atoms with van der Waals surface area (Å²) in [5, 5.41) is 11.0. The van der Waals surface area contributed by atoms with E-state index >= 15 is 0 Å². The molecule has 88 valence electrons. The van der Waals surface area contributed by atoms with Gasteiger partial charge in [-0.25, -0.2) is 4.98 Å². The zero-order valence-corrected chi connectivity index (χ0v) is 10.4. The Bertz CT molecular complexity index is 361. The maximum absolute atomic E-state index is 10.5. The van der Waals surface area contributed by atoms with Crippen LogP contribution in [0, 0.1) is 0 Å². The van der Waals surface area contributed by atoms with E-state index in [-0.39, 0.29) is 6.42 Å². The largest absolute Gasteiger partial charge is 0.481 e. The van der Waals surface area contributed by atoms with Crippen molar-refractivity contribution < 1.29 is 14.6 Å². The minimum absolute atomic E-state index is 0.0187. The van der Waals surface area contributed by atoms with Gasteiger partial charge in [0.1, 0.15) is 4.34 Å². The van der Waals surface area contributed by atoms with Gasteiger partial charge >= 0.3 is 5.97 Å². The minimum atomic E-state index is -0.826. The molecule has 0 saturated carbocycles. The number of aliphatic carboxylic acids is 1. The fraction of sp³-hybridized carbons (Fsp3) is 0.600. The molecule has 1 aromatic rings. The first kappa shape index (κ1) is 11.9. The zero-order valence-electron chi connectivity index (χ0n) is 8.72. The predicted molar refractivity (Wildman–Crippen MR) is 63.2 cm³/mol. The second kappa shape index (κ2) is 5.65. The van der Waals surface area contributed by atoms with Crippen LogP contribution in [-0.2, 0) is 16.0 Å². The average molecular weight is 259 g/mol. The Balaban J connectivity index is 1.88. The lowest BCUT2D eigenvalue weighted by atomic mass is 10.2. The first-order valence-electron chi connectivity index (χ1n) is 5.14. The lowest BCUT2D eigenvalue weighted by Gasteiger charge is -2.20. The van der Waals surface area contributed by atoms with Crippen molar-refractivity contribution in [3.63, 3.8) is 0 Å². The molecule has 0 aromatic carbocycles. The second-order valence-corrected chi connectivity index (χ2v) is 6.01. The van der Waals surface area contributed by atoms with E-state index in [4.69, 9.17) is 9.84 Å². The Morgan fingerprint density at radius 3 is 3.06 bits per heavy atom. The predicted octanol–water partition coefficient (Wildman–Crippen LogP) is 2.04. The summed E-state index contributed by atoms with van der Waals surface area (Å²) in [6.07, 6.45) is 2.13. The number of rotatable bonds is 4. The lowest BCUT2D eigenvalue weighted by Crippen LogP contribution is -2.17. The summed E-state index contributed by atoms with van der Waals surface area (Å²) in [7, 11) is 0. The van der Waals surface area contributed by atoms with Gasteiger partial charge in [-0.3, -0.25) is 4.79 Å². The van der Waals surface area contributed by atoms with Gasteiger partial charge in [0.05, 0.1) is 12.1 Å². The smallest absolute Gasteiger partial charge is 0.309 e. The van der Waals surface area contributed by atoms with E-state index in [1.54, 1.807) is 11.8 Å². The molecule has 2 rings (SSSR count). The number of ether oxygens (including phenoxy) is 1. The second-order valence-electron chi connectivity index (χ2n) is 3.60. The van der Waals surface area contributed by atoms with Crippen LogP contribution < -0.4 is 0 Å². The molecule has 0 spiro atoms. The highest BCUT2D eigenvalue weighted by atomic mass is 32.2. The molecule has 1 aliphatic rings. The molecule has 2 heterocycles. The van der Waals surface area contributed by atoms with Crippen molar-refractivity contribution in [1.82, 2.24) is 4.98 Å². The maximum Gasteiger partial charge on any atom is 0.309 e. The van der Waals surface area contributed by atoms with Gasteiger partial charge < -0.3 is 9.84 Å². The van der Waals surface area contributed by atoms with Crippen LogP contribution in [0.15, 0.2) is 9.72 Å². The van der Waals surface area contributed by atoms with Crippen molar-refractivity contribution in [2.75, 3.05) is 13.2 Å². The van der Waals surface area contributed by atoms with Crippen LogP contribution in [-0.4, -0.2) is 34.5 Å². The number of carboxylic acids is 1. The quantitative estimate of drug-likeness (QED) is 0.896. The SMILES string of the molecule is O=C(O)Cc1csc(SC2CCOCC2)n1. The van der Waals surface area contributed by atoms with Gasteiger partial charge in [-0.2, -0.15) is 0 Å². The highest BCUT2D eigenvalue weighted by molar-refractivity contribution is 8.01. The number of nitrogens with zero attached hydrogens (tertiary/aromatic N) is 1. The average Bonchev–Trinajstić information content (AvgIpc) is 2.66. The highest BCUT2D eigenvalue weighted by Gasteiger charge is 2.17. The summed E-state index contributed by atoms with van der Waals surface area (Å²) in [6, 6.07) is 0. The number of thiazole rings is 1. The van der Waals surface area contributed by atoms with Crippen molar-refractivity contribution in [1.29, 1.82) is 0 Å². The first-order chi connectivity index (χ1) is 7.74. The summed E-state index contributed by atoms with van der Waals surface area (Å²) in [5.41, 5.74) is 0.659. The Morgan fingerprint density at radius 1 is 1.62 bits per heavy atom. The van der Waals surface area contributed by atoms with E-state index in [1.165, 1.54) is 11.3 Å². The normalized spacial score (nSPS) is 17.5. The molecule has 0 radical (unpaired) electrons. The van der Waals surface area contributed by atoms with Crippen LogP contribution in [0.3, 0.4) is 0 Å². The van der Waals surface area contributed by atoms with Crippen LogP contribution in [0.5, 0.6) is 0 Å². The van der Waals surface area contributed by atoms with Gasteiger partial charge in [-0.1, -0.05) is 11.8 Å². The number of carboxylic acid groups (broad SMARTS) is 1. The molecule has 0 bridgehead atoms. The molecule has 6 heteroatoms. The first-order valence-corrected chi connectivity index (χ1v) is 6.90. The fourth-order valence-corrected chi connectivity index (χ4v) is 3.72. The molecule has 0 unspecified atom stereocenters. The van der Waals surface area contributed by atoms with Crippen LogP contribution in [0.1, 0.15) is 18.5 Å². The molecular formula is C10H13NO3S2. The van der Waals surface area contributed by atoms with Crippen LogP contribution in [0.4, 0.5) is 0 Å². The third-order valence-electron chi connectivity index (χ3n) is 2.30. The molecule has 16 heavy (non-hydrogen) atoms. The number of hydrogen-bond acceptors (Lipinski definition) is 5. The van der Waals surface area contributed by atoms with E-state index in [9.17, 15) is 4.79 Å². The molecular weight excluding hydrogens is 246 g/mol. The van der Waals surface area contributed by atoms with Crippen molar-refractivity contribution >= 4 is 29.1 Å². The Kier molecular flexibility index (Phi) is 4.20. The monoisotopic (exact) mass is 259 g/mol. The topological polar surface area (TPSA) is 59.4 Å². The van der Waals surface area contributed by atoms with Crippen LogP contribution >= 0.6 is 23.1 Å². The summed E-state index contributed by atoms with van der Waals surface area (Å²) in [4.78, 5) is 14.8. The number of thioether (sulfide) groups is 1. The van der Waals surface area contributed by atoms with Crippen LogP contribution in [0.2, 0.25) is 0 Å². The van der Waals surface area contributed by atoms with E-state index < -0.39 is 5.97 Å².